The molecule has 0 bridgehead atoms. The highest BCUT2D eigenvalue weighted by atomic mass is 79.9. The van der Waals surface area contributed by atoms with Crippen LogP contribution in [0, 0.1) is 0 Å². The Labute approximate surface area is 131 Å². The molecule has 2 N–H and O–H groups in total. The summed E-state index contributed by atoms with van der Waals surface area (Å²) in [6, 6.07) is 13.5. The normalized spacial score (nSPS) is 14.2. The minimum absolute atomic E-state index is 0.512. The Kier molecular flexibility index (Phi) is 4.57. The molecular formula is C15H14BrCl2N. The lowest BCUT2D eigenvalue weighted by Crippen LogP contribution is -2.35. The molecule has 1 atom stereocenters. The van der Waals surface area contributed by atoms with Gasteiger partial charge in [0, 0.05) is 20.1 Å². The summed E-state index contributed by atoms with van der Waals surface area (Å²) in [5.74, 6) is 0. The molecule has 0 spiro atoms. The fourth-order valence-corrected chi connectivity index (χ4v) is 2.94. The summed E-state index contributed by atoms with van der Waals surface area (Å²) in [4.78, 5) is 0. The second kappa shape index (κ2) is 5.84. The van der Waals surface area contributed by atoms with Crippen LogP contribution in [0.5, 0.6) is 0 Å². The second-order valence-electron chi connectivity index (χ2n) is 4.84. The fraction of sp³-hybridized carbons (Fsp3) is 0.200. The van der Waals surface area contributed by atoms with Gasteiger partial charge in [-0.15, -0.1) is 0 Å². The molecule has 2 aromatic rings. The number of hydrogen-bond donors (Lipinski definition) is 1. The van der Waals surface area contributed by atoms with Gasteiger partial charge in [0.15, 0.2) is 0 Å². The SMILES string of the molecule is CC(N)(Cc1ccc(Br)cc1Cl)c1cccc(Cl)c1. The molecule has 0 saturated heterocycles. The third kappa shape index (κ3) is 3.73. The topological polar surface area (TPSA) is 26.0 Å². The van der Waals surface area contributed by atoms with Crippen molar-refractivity contribution in [3.05, 3.63) is 68.1 Å². The van der Waals surface area contributed by atoms with Gasteiger partial charge in [-0.25, -0.2) is 0 Å². The van der Waals surface area contributed by atoms with Gasteiger partial charge in [-0.3, -0.25) is 0 Å². The molecule has 0 aliphatic carbocycles. The van der Waals surface area contributed by atoms with Crippen LogP contribution in [0.15, 0.2) is 46.9 Å². The molecule has 4 heteroatoms. The van der Waals surface area contributed by atoms with Gasteiger partial charge in [0.05, 0.1) is 0 Å². The zero-order valence-electron chi connectivity index (χ0n) is 10.5. The van der Waals surface area contributed by atoms with Crippen molar-refractivity contribution in [3.63, 3.8) is 0 Å². The van der Waals surface area contributed by atoms with Gasteiger partial charge in [0.2, 0.25) is 0 Å². The van der Waals surface area contributed by atoms with Gasteiger partial charge >= 0.3 is 0 Å². The summed E-state index contributed by atoms with van der Waals surface area (Å²) < 4.78 is 0.961. The molecule has 1 nitrogen and oxygen atoms in total. The molecule has 2 aromatic carbocycles. The summed E-state index contributed by atoms with van der Waals surface area (Å²) in [5.41, 5.74) is 7.93. The third-order valence-electron chi connectivity index (χ3n) is 3.06. The van der Waals surface area contributed by atoms with E-state index >= 15 is 0 Å². The molecule has 2 rings (SSSR count). The summed E-state index contributed by atoms with van der Waals surface area (Å²) in [6.07, 6.45) is 0.652. The van der Waals surface area contributed by atoms with Crippen LogP contribution in [0.25, 0.3) is 0 Å². The molecule has 0 aliphatic heterocycles. The molecule has 0 amide bonds. The van der Waals surface area contributed by atoms with Crippen molar-refractivity contribution < 1.29 is 0 Å². The molecule has 0 fully saturated rings. The fourth-order valence-electron chi connectivity index (χ4n) is 2.01. The van der Waals surface area contributed by atoms with Crippen LogP contribution in [-0.4, -0.2) is 0 Å². The van der Waals surface area contributed by atoms with Crippen LogP contribution in [0.1, 0.15) is 18.1 Å². The number of hydrogen-bond acceptors (Lipinski definition) is 1. The molecule has 0 heterocycles. The van der Waals surface area contributed by atoms with E-state index in [0.717, 1.165) is 15.6 Å². The first kappa shape index (κ1) is 14.9. The predicted molar refractivity (Wildman–Crippen MR) is 85.8 cm³/mol. The van der Waals surface area contributed by atoms with Gasteiger partial charge in [-0.1, -0.05) is 57.3 Å². The Balaban J connectivity index is 2.30. The summed E-state index contributed by atoms with van der Waals surface area (Å²) in [6.45, 7) is 1.98. The number of halogens is 3. The van der Waals surface area contributed by atoms with E-state index in [1.54, 1.807) is 0 Å². The van der Waals surface area contributed by atoms with Crippen molar-refractivity contribution in [1.29, 1.82) is 0 Å². The van der Waals surface area contributed by atoms with Crippen LogP contribution in [-0.2, 0) is 12.0 Å². The molecule has 100 valence electrons. The van der Waals surface area contributed by atoms with E-state index in [1.807, 2.05) is 49.4 Å². The average molecular weight is 359 g/mol. The zero-order valence-corrected chi connectivity index (χ0v) is 13.6. The van der Waals surface area contributed by atoms with Crippen molar-refractivity contribution in [2.45, 2.75) is 18.9 Å². The van der Waals surface area contributed by atoms with Crippen LogP contribution < -0.4 is 5.73 Å². The molecule has 0 aromatic heterocycles. The maximum absolute atomic E-state index is 6.42. The lowest BCUT2D eigenvalue weighted by atomic mass is 9.86. The van der Waals surface area contributed by atoms with Crippen molar-refractivity contribution in [1.82, 2.24) is 0 Å². The van der Waals surface area contributed by atoms with Gasteiger partial charge in [-0.05, 0) is 48.7 Å². The molecule has 0 radical (unpaired) electrons. The highest BCUT2D eigenvalue weighted by Crippen LogP contribution is 2.29. The smallest absolute Gasteiger partial charge is 0.0450 e. The monoisotopic (exact) mass is 357 g/mol. The van der Waals surface area contributed by atoms with Crippen molar-refractivity contribution in [2.24, 2.45) is 5.73 Å². The van der Waals surface area contributed by atoms with Gasteiger partial charge in [-0.2, -0.15) is 0 Å². The standard InChI is InChI=1S/C15H14BrCl2N/c1-15(19,11-3-2-4-13(17)7-11)9-10-5-6-12(16)8-14(10)18/h2-8H,9,19H2,1H3. The highest BCUT2D eigenvalue weighted by molar-refractivity contribution is 9.10. The molecule has 19 heavy (non-hydrogen) atoms. The van der Waals surface area contributed by atoms with E-state index in [1.165, 1.54) is 0 Å². The van der Waals surface area contributed by atoms with Crippen LogP contribution >= 0.6 is 39.1 Å². The Morgan fingerprint density at radius 1 is 1.16 bits per heavy atom. The second-order valence-corrected chi connectivity index (χ2v) is 6.60. The molecule has 0 aliphatic rings. The lowest BCUT2D eigenvalue weighted by Gasteiger charge is -2.26. The molecule has 0 saturated carbocycles. The number of rotatable bonds is 3. The molecule has 1 unspecified atom stereocenters. The van der Waals surface area contributed by atoms with Crippen LogP contribution in [0.4, 0.5) is 0 Å². The van der Waals surface area contributed by atoms with Gasteiger partial charge < -0.3 is 5.73 Å². The van der Waals surface area contributed by atoms with E-state index in [0.29, 0.717) is 16.5 Å². The van der Waals surface area contributed by atoms with Crippen molar-refractivity contribution in [3.8, 4) is 0 Å². The predicted octanol–water partition coefficient (Wildman–Crippen LogP) is 5.17. The van der Waals surface area contributed by atoms with E-state index in [9.17, 15) is 0 Å². The van der Waals surface area contributed by atoms with E-state index in [4.69, 9.17) is 28.9 Å². The number of benzene rings is 2. The Hall–Kier alpha value is -0.540. The summed E-state index contributed by atoms with van der Waals surface area (Å²) in [7, 11) is 0. The maximum atomic E-state index is 6.42. The quantitative estimate of drug-likeness (QED) is 0.804. The maximum Gasteiger partial charge on any atom is 0.0450 e. The van der Waals surface area contributed by atoms with Gasteiger partial charge in [0.25, 0.3) is 0 Å². The van der Waals surface area contributed by atoms with Crippen molar-refractivity contribution >= 4 is 39.1 Å². The zero-order chi connectivity index (χ0) is 14.0. The van der Waals surface area contributed by atoms with Gasteiger partial charge in [0.1, 0.15) is 0 Å². The van der Waals surface area contributed by atoms with E-state index in [-0.39, 0.29) is 0 Å². The molecular weight excluding hydrogens is 345 g/mol. The Bertz CT molecular complexity index is 596. The average Bonchev–Trinajstić information content (AvgIpc) is 2.33. The van der Waals surface area contributed by atoms with Crippen LogP contribution in [0.3, 0.4) is 0 Å². The largest absolute Gasteiger partial charge is 0.321 e. The first-order chi connectivity index (χ1) is 8.88. The van der Waals surface area contributed by atoms with Crippen LogP contribution in [0.2, 0.25) is 10.0 Å². The minimum atomic E-state index is -0.512. The number of nitrogens with two attached hydrogens (primary N) is 1. The highest BCUT2D eigenvalue weighted by Gasteiger charge is 2.23. The Morgan fingerprint density at radius 3 is 2.53 bits per heavy atom. The lowest BCUT2D eigenvalue weighted by molar-refractivity contribution is 0.491. The summed E-state index contributed by atoms with van der Waals surface area (Å²) in [5, 5.41) is 1.41. The minimum Gasteiger partial charge on any atom is -0.321 e. The Morgan fingerprint density at radius 2 is 1.89 bits per heavy atom. The summed E-state index contributed by atoms with van der Waals surface area (Å²) >= 11 is 15.7. The first-order valence-corrected chi connectivity index (χ1v) is 7.42. The third-order valence-corrected chi connectivity index (χ3v) is 4.14. The first-order valence-electron chi connectivity index (χ1n) is 5.87. The van der Waals surface area contributed by atoms with E-state index in [2.05, 4.69) is 15.9 Å². The van der Waals surface area contributed by atoms with Crippen molar-refractivity contribution in [2.75, 3.05) is 0 Å². The van der Waals surface area contributed by atoms with E-state index < -0.39 is 5.54 Å².